The Bertz CT molecular complexity index is 714. The van der Waals surface area contributed by atoms with Crippen LogP contribution in [-0.2, 0) is 11.2 Å². The number of benzene rings is 1. The maximum absolute atomic E-state index is 12.8. The molecule has 0 radical (unpaired) electrons. The maximum atomic E-state index is 12.8. The van der Waals surface area contributed by atoms with Gasteiger partial charge in [-0.25, -0.2) is 4.68 Å². The summed E-state index contributed by atoms with van der Waals surface area (Å²) in [7, 11) is 0. The van der Waals surface area contributed by atoms with Crippen molar-refractivity contribution in [1.29, 1.82) is 0 Å². The Balaban J connectivity index is 1.93. The average molecular weight is 334 g/mol. The van der Waals surface area contributed by atoms with Crippen molar-refractivity contribution in [2.45, 2.75) is 26.4 Å². The lowest BCUT2D eigenvalue weighted by atomic mass is 10.1. The minimum absolute atomic E-state index is 0.0188. The predicted molar refractivity (Wildman–Crippen MR) is 89.3 cm³/mol. The van der Waals surface area contributed by atoms with Crippen molar-refractivity contribution in [3.8, 4) is 5.69 Å². The van der Waals surface area contributed by atoms with Crippen LogP contribution in [-0.4, -0.2) is 46.4 Å². The van der Waals surface area contributed by atoms with Crippen LogP contribution in [0.5, 0.6) is 0 Å². The lowest BCUT2D eigenvalue weighted by Crippen LogP contribution is -2.44. The fraction of sp³-hybridized carbons (Fsp3) is 0.412. The predicted octanol–water partition coefficient (Wildman–Crippen LogP) is 2.95. The third kappa shape index (κ3) is 3.26. The molecule has 23 heavy (non-hydrogen) atoms. The molecule has 1 fully saturated rings. The molecule has 1 aromatic heterocycles. The minimum atomic E-state index is 0.0188. The summed E-state index contributed by atoms with van der Waals surface area (Å²) in [5.74, 6) is 0.0188. The lowest BCUT2D eigenvalue weighted by molar-refractivity contribution is -0.0124. The summed E-state index contributed by atoms with van der Waals surface area (Å²) in [6, 6.07) is 7.48. The molecule has 3 rings (SSSR count). The quantitative estimate of drug-likeness (QED) is 0.867. The van der Waals surface area contributed by atoms with E-state index >= 15 is 0 Å². The van der Waals surface area contributed by atoms with E-state index in [-0.39, 0.29) is 12.0 Å². The molecule has 2 aromatic rings. The highest BCUT2D eigenvalue weighted by Crippen LogP contribution is 2.21. The van der Waals surface area contributed by atoms with E-state index in [0.29, 0.717) is 36.7 Å². The molecule has 0 spiro atoms. The Morgan fingerprint density at radius 1 is 1.48 bits per heavy atom. The highest BCUT2D eigenvalue weighted by molar-refractivity contribution is 6.30. The van der Waals surface area contributed by atoms with Gasteiger partial charge < -0.3 is 9.64 Å². The maximum Gasteiger partial charge on any atom is 0.257 e. The second-order valence-electron chi connectivity index (χ2n) is 5.68. The highest BCUT2D eigenvalue weighted by Gasteiger charge is 2.26. The Morgan fingerprint density at radius 2 is 2.30 bits per heavy atom. The number of carbonyl (C=O) groups is 1. The van der Waals surface area contributed by atoms with Crippen LogP contribution in [0.2, 0.25) is 5.02 Å². The van der Waals surface area contributed by atoms with E-state index in [1.807, 2.05) is 43.0 Å². The van der Waals surface area contributed by atoms with Crippen LogP contribution in [0, 0.1) is 0 Å². The summed E-state index contributed by atoms with van der Waals surface area (Å²) in [4.78, 5) is 14.7. The fourth-order valence-electron chi connectivity index (χ4n) is 2.90. The van der Waals surface area contributed by atoms with Gasteiger partial charge in [-0.2, -0.15) is 5.10 Å². The van der Waals surface area contributed by atoms with Crippen LogP contribution in [0.4, 0.5) is 0 Å². The largest absolute Gasteiger partial charge is 0.375 e. The van der Waals surface area contributed by atoms with E-state index < -0.39 is 0 Å². The average Bonchev–Trinajstić information content (AvgIpc) is 2.98. The standard InChI is InChI=1S/C17H20ClN3O2/c1-3-16-15(17(22)20-7-8-23-12(2)11-20)10-19-21(16)14-6-4-5-13(18)9-14/h4-6,9-10,12H,3,7-8,11H2,1-2H3/t12-/m1/s1. The lowest BCUT2D eigenvalue weighted by Gasteiger charge is -2.31. The fourth-order valence-corrected chi connectivity index (χ4v) is 3.08. The molecule has 6 heteroatoms. The van der Waals surface area contributed by atoms with Crippen molar-refractivity contribution < 1.29 is 9.53 Å². The van der Waals surface area contributed by atoms with Gasteiger partial charge in [0.25, 0.3) is 5.91 Å². The summed E-state index contributed by atoms with van der Waals surface area (Å²) in [6.45, 7) is 5.82. The Labute approximate surface area is 140 Å². The topological polar surface area (TPSA) is 47.4 Å². The van der Waals surface area contributed by atoms with Gasteiger partial charge in [-0.3, -0.25) is 4.79 Å². The summed E-state index contributed by atoms with van der Waals surface area (Å²) < 4.78 is 7.30. The van der Waals surface area contributed by atoms with Crippen molar-refractivity contribution >= 4 is 17.5 Å². The monoisotopic (exact) mass is 333 g/mol. The van der Waals surface area contributed by atoms with Crippen LogP contribution < -0.4 is 0 Å². The van der Waals surface area contributed by atoms with E-state index in [1.54, 1.807) is 10.9 Å². The molecule has 0 N–H and O–H groups in total. The van der Waals surface area contributed by atoms with Gasteiger partial charge in [-0.15, -0.1) is 0 Å². The van der Waals surface area contributed by atoms with Crippen LogP contribution in [0.1, 0.15) is 29.9 Å². The summed E-state index contributed by atoms with van der Waals surface area (Å²) in [5, 5.41) is 5.06. The van der Waals surface area contributed by atoms with E-state index in [2.05, 4.69) is 5.10 Å². The van der Waals surface area contributed by atoms with Gasteiger partial charge in [0.2, 0.25) is 0 Å². The van der Waals surface area contributed by atoms with Gasteiger partial charge in [0.05, 0.1) is 35.9 Å². The molecule has 0 bridgehead atoms. The molecular formula is C17H20ClN3O2. The van der Waals surface area contributed by atoms with Crippen molar-refractivity contribution in [3.63, 3.8) is 0 Å². The van der Waals surface area contributed by atoms with Gasteiger partial charge in [0, 0.05) is 18.1 Å². The summed E-state index contributed by atoms with van der Waals surface area (Å²) in [6.07, 6.45) is 2.44. The highest BCUT2D eigenvalue weighted by atomic mass is 35.5. The van der Waals surface area contributed by atoms with Gasteiger partial charge in [-0.05, 0) is 31.5 Å². The first kappa shape index (κ1) is 16.0. The normalized spacial score (nSPS) is 18.2. The molecule has 1 atom stereocenters. The van der Waals surface area contributed by atoms with Gasteiger partial charge in [-0.1, -0.05) is 24.6 Å². The first-order chi connectivity index (χ1) is 11.1. The smallest absolute Gasteiger partial charge is 0.257 e. The van der Waals surface area contributed by atoms with Crippen molar-refractivity contribution in [3.05, 3.63) is 46.7 Å². The molecule has 1 amide bonds. The van der Waals surface area contributed by atoms with E-state index in [0.717, 1.165) is 11.4 Å². The summed E-state index contributed by atoms with van der Waals surface area (Å²) >= 11 is 6.07. The van der Waals surface area contributed by atoms with Crippen LogP contribution in [0.15, 0.2) is 30.5 Å². The first-order valence-corrected chi connectivity index (χ1v) is 8.21. The van der Waals surface area contributed by atoms with Gasteiger partial charge >= 0.3 is 0 Å². The van der Waals surface area contributed by atoms with Crippen molar-refractivity contribution in [2.24, 2.45) is 0 Å². The van der Waals surface area contributed by atoms with Crippen LogP contribution in [0.3, 0.4) is 0 Å². The number of ether oxygens (including phenoxy) is 1. The number of halogens is 1. The zero-order chi connectivity index (χ0) is 16.4. The molecule has 0 aliphatic carbocycles. The molecular weight excluding hydrogens is 314 g/mol. The van der Waals surface area contributed by atoms with Crippen LogP contribution >= 0.6 is 11.6 Å². The molecule has 0 unspecified atom stereocenters. The molecule has 122 valence electrons. The van der Waals surface area contributed by atoms with E-state index in [4.69, 9.17) is 16.3 Å². The number of rotatable bonds is 3. The van der Waals surface area contributed by atoms with Gasteiger partial charge in [0.1, 0.15) is 0 Å². The molecule has 5 nitrogen and oxygen atoms in total. The second-order valence-corrected chi connectivity index (χ2v) is 6.12. The molecule has 0 saturated carbocycles. The Kier molecular flexibility index (Phi) is 4.68. The molecule has 1 aliphatic rings. The van der Waals surface area contributed by atoms with E-state index in [1.165, 1.54) is 0 Å². The third-order valence-corrected chi connectivity index (χ3v) is 4.25. The Morgan fingerprint density at radius 3 is 3.00 bits per heavy atom. The first-order valence-electron chi connectivity index (χ1n) is 7.84. The summed E-state index contributed by atoms with van der Waals surface area (Å²) in [5.41, 5.74) is 2.42. The third-order valence-electron chi connectivity index (χ3n) is 4.02. The van der Waals surface area contributed by atoms with Crippen molar-refractivity contribution in [2.75, 3.05) is 19.7 Å². The van der Waals surface area contributed by atoms with Crippen LogP contribution in [0.25, 0.3) is 5.69 Å². The molecule has 1 aromatic carbocycles. The molecule has 2 heterocycles. The number of morpholine rings is 1. The van der Waals surface area contributed by atoms with Gasteiger partial charge in [0.15, 0.2) is 0 Å². The molecule has 1 saturated heterocycles. The minimum Gasteiger partial charge on any atom is -0.375 e. The zero-order valence-electron chi connectivity index (χ0n) is 13.3. The number of carbonyl (C=O) groups excluding carboxylic acids is 1. The zero-order valence-corrected chi connectivity index (χ0v) is 14.1. The second kappa shape index (κ2) is 6.72. The number of nitrogens with zero attached hydrogens (tertiary/aromatic N) is 3. The number of hydrogen-bond acceptors (Lipinski definition) is 3. The number of hydrogen-bond donors (Lipinski definition) is 0. The number of aromatic nitrogens is 2. The SMILES string of the molecule is CCc1c(C(=O)N2CCO[C@H](C)C2)cnn1-c1cccc(Cl)c1. The van der Waals surface area contributed by atoms with E-state index in [9.17, 15) is 4.79 Å². The molecule has 1 aliphatic heterocycles. The number of amides is 1. The Hall–Kier alpha value is -1.85. The van der Waals surface area contributed by atoms with Crippen molar-refractivity contribution in [1.82, 2.24) is 14.7 Å².